The van der Waals surface area contributed by atoms with E-state index in [-0.39, 0.29) is 12.1 Å². The normalized spacial score (nSPS) is 25.0. The summed E-state index contributed by atoms with van der Waals surface area (Å²) in [7, 11) is 0. The number of carbonyl (C=O) groups is 2. The molecule has 0 aromatic heterocycles. The van der Waals surface area contributed by atoms with Crippen LogP contribution in [0.25, 0.3) is 0 Å². The summed E-state index contributed by atoms with van der Waals surface area (Å²) in [6.07, 6.45) is 0.308. The summed E-state index contributed by atoms with van der Waals surface area (Å²) >= 11 is 0. The number of hydrogen-bond acceptors (Lipinski definition) is 3. The predicted molar refractivity (Wildman–Crippen MR) is 84.6 cm³/mol. The van der Waals surface area contributed by atoms with Crippen molar-refractivity contribution in [3.05, 3.63) is 29.8 Å². The van der Waals surface area contributed by atoms with E-state index in [0.29, 0.717) is 17.8 Å². The van der Waals surface area contributed by atoms with Crippen molar-refractivity contribution in [1.82, 2.24) is 0 Å². The van der Waals surface area contributed by atoms with Gasteiger partial charge >= 0.3 is 12.1 Å². The van der Waals surface area contributed by atoms with Crippen molar-refractivity contribution in [1.29, 1.82) is 0 Å². The third-order valence-corrected chi connectivity index (χ3v) is 5.18. The second-order valence-corrected chi connectivity index (χ2v) is 6.89. The van der Waals surface area contributed by atoms with Crippen LogP contribution < -0.4 is 5.32 Å². The van der Waals surface area contributed by atoms with E-state index in [1.54, 1.807) is 0 Å². The maximum Gasteiger partial charge on any atom is 0.418 e. The average molecular weight is 355 g/mol. The molecule has 1 N–H and O–H groups in total. The number of carbonyl (C=O) groups excluding carboxylic acids is 2. The molecular formula is C18H20F3NO3. The maximum atomic E-state index is 12.9. The zero-order valence-electron chi connectivity index (χ0n) is 13.6. The highest BCUT2D eigenvalue weighted by Gasteiger charge is 2.40. The number of fused-ring (bicyclic) bond motifs is 2. The Morgan fingerprint density at radius 1 is 1.16 bits per heavy atom. The van der Waals surface area contributed by atoms with Gasteiger partial charge in [-0.3, -0.25) is 9.59 Å². The molecule has 1 aromatic carbocycles. The molecule has 2 aliphatic rings. The van der Waals surface area contributed by atoms with E-state index in [1.807, 2.05) is 0 Å². The molecule has 1 aromatic rings. The smallest absolute Gasteiger partial charge is 0.418 e. The molecule has 0 unspecified atom stereocenters. The Morgan fingerprint density at radius 3 is 2.56 bits per heavy atom. The van der Waals surface area contributed by atoms with E-state index in [9.17, 15) is 22.8 Å². The number of nitrogens with one attached hydrogen (secondary N) is 1. The highest BCUT2D eigenvalue weighted by molar-refractivity contribution is 5.93. The number of halogens is 3. The largest absolute Gasteiger partial charge is 0.456 e. The Hall–Kier alpha value is -2.05. The lowest BCUT2D eigenvalue weighted by molar-refractivity contribution is -0.148. The van der Waals surface area contributed by atoms with Crippen molar-refractivity contribution in [2.24, 2.45) is 17.8 Å². The van der Waals surface area contributed by atoms with Crippen LogP contribution in [0.4, 0.5) is 18.9 Å². The molecule has 7 heteroatoms. The summed E-state index contributed by atoms with van der Waals surface area (Å²) in [5.74, 6) is 0.366. The molecule has 4 nitrogen and oxygen atoms in total. The number of anilines is 1. The first-order chi connectivity index (χ1) is 11.8. The quantitative estimate of drug-likeness (QED) is 0.812. The van der Waals surface area contributed by atoms with Crippen LogP contribution in [0.15, 0.2) is 24.3 Å². The van der Waals surface area contributed by atoms with Crippen LogP contribution in [0.1, 0.15) is 37.7 Å². The number of benzene rings is 1. The van der Waals surface area contributed by atoms with Gasteiger partial charge in [0.1, 0.15) is 0 Å². The number of ether oxygens (including phenoxy) is 1. The Bertz CT molecular complexity index is 659. The third-order valence-electron chi connectivity index (χ3n) is 5.18. The molecule has 0 saturated heterocycles. The Kier molecular flexibility index (Phi) is 5.01. The van der Waals surface area contributed by atoms with Gasteiger partial charge in [-0.25, -0.2) is 0 Å². The predicted octanol–water partition coefficient (Wildman–Crippen LogP) is 4.01. The van der Waals surface area contributed by atoms with Crippen molar-refractivity contribution >= 4 is 17.6 Å². The van der Waals surface area contributed by atoms with Gasteiger partial charge in [0, 0.05) is 6.42 Å². The van der Waals surface area contributed by atoms with E-state index >= 15 is 0 Å². The highest BCUT2D eigenvalue weighted by Crippen LogP contribution is 2.49. The zero-order chi connectivity index (χ0) is 18.0. The molecule has 25 heavy (non-hydrogen) atoms. The van der Waals surface area contributed by atoms with Crippen LogP contribution in [0.5, 0.6) is 0 Å². The summed E-state index contributed by atoms with van der Waals surface area (Å²) in [4.78, 5) is 23.7. The number of para-hydroxylation sites is 1. The van der Waals surface area contributed by atoms with Crippen LogP contribution >= 0.6 is 0 Å². The van der Waals surface area contributed by atoms with E-state index in [0.717, 1.165) is 25.0 Å². The summed E-state index contributed by atoms with van der Waals surface area (Å²) < 4.78 is 43.6. The van der Waals surface area contributed by atoms with Gasteiger partial charge in [-0.05, 0) is 49.1 Å². The zero-order valence-corrected chi connectivity index (χ0v) is 13.6. The standard InChI is InChI=1S/C18H20F3NO3/c19-18(20,21)14-3-1-2-4-15(14)22-16(23)10-25-17(24)9-13-8-11-5-6-12(13)7-11/h1-4,11-13H,5-10H2,(H,22,23)/t11-,12+,13+/m0/s1. The minimum absolute atomic E-state index is 0.285. The first kappa shape index (κ1) is 17.8. The van der Waals surface area contributed by atoms with E-state index in [1.165, 1.54) is 25.0 Å². The molecule has 0 spiro atoms. The van der Waals surface area contributed by atoms with Crippen LogP contribution in [0, 0.1) is 17.8 Å². The lowest BCUT2D eigenvalue weighted by atomic mass is 9.86. The topological polar surface area (TPSA) is 55.4 Å². The van der Waals surface area contributed by atoms with Gasteiger partial charge in [-0.1, -0.05) is 18.6 Å². The lowest BCUT2D eigenvalue weighted by Gasteiger charge is -2.20. The molecule has 2 aliphatic carbocycles. The van der Waals surface area contributed by atoms with Crippen molar-refractivity contribution in [2.45, 2.75) is 38.3 Å². The van der Waals surface area contributed by atoms with E-state index in [2.05, 4.69) is 5.32 Å². The Balaban J connectivity index is 1.48. The first-order valence-corrected chi connectivity index (χ1v) is 8.44. The maximum absolute atomic E-state index is 12.9. The van der Waals surface area contributed by atoms with Crippen molar-refractivity contribution in [3.63, 3.8) is 0 Å². The molecule has 0 aliphatic heterocycles. The third kappa shape index (κ3) is 4.32. The van der Waals surface area contributed by atoms with E-state index < -0.39 is 30.2 Å². The monoisotopic (exact) mass is 355 g/mol. The van der Waals surface area contributed by atoms with Crippen molar-refractivity contribution in [3.8, 4) is 0 Å². The van der Waals surface area contributed by atoms with Gasteiger partial charge in [-0.15, -0.1) is 0 Å². The van der Waals surface area contributed by atoms with Crippen LogP contribution in [-0.2, 0) is 20.5 Å². The van der Waals surface area contributed by atoms with Gasteiger partial charge < -0.3 is 10.1 Å². The van der Waals surface area contributed by atoms with Gasteiger partial charge in [0.2, 0.25) is 0 Å². The Morgan fingerprint density at radius 2 is 1.92 bits per heavy atom. The molecule has 2 bridgehead atoms. The molecule has 3 atom stereocenters. The van der Waals surface area contributed by atoms with Gasteiger partial charge in [0.05, 0.1) is 11.3 Å². The molecule has 0 heterocycles. The fourth-order valence-electron chi connectivity index (χ4n) is 4.07. The molecule has 2 fully saturated rings. The summed E-state index contributed by atoms with van der Waals surface area (Å²) in [5.41, 5.74) is -1.28. The van der Waals surface area contributed by atoms with Crippen LogP contribution in [-0.4, -0.2) is 18.5 Å². The molecule has 1 amide bonds. The fourth-order valence-corrected chi connectivity index (χ4v) is 4.07. The molecule has 0 radical (unpaired) electrons. The van der Waals surface area contributed by atoms with Gasteiger partial charge in [0.15, 0.2) is 6.61 Å². The van der Waals surface area contributed by atoms with Crippen molar-refractivity contribution < 1.29 is 27.5 Å². The number of alkyl halides is 3. The molecular weight excluding hydrogens is 335 g/mol. The van der Waals surface area contributed by atoms with Gasteiger partial charge in [0.25, 0.3) is 5.91 Å². The molecule has 3 rings (SSSR count). The number of esters is 1. The summed E-state index contributed by atoms with van der Waals surface area (Å²) in [6, 6.07) is 4.69. The first-order valence-electron chi connectivity index (χ1n) is 8.44. The van der Waals surface area contributed by atoms with Crippen molar-refractivity contribution in [2.75, 3.05) is 11.9 Å². The number of hydrogen-bond donors (Lipinski definition) is 1. The van der Waals surface area contributed by atoms with E-state index in [4.69, 9.17) is 4.74 Å². The lowest BCUT2D eigenvalue weighted by Crippen LogP contribution is -2.24. The number of amides is 1. The molecule has 2 saturated carbocycles. The fraction of sp³-hybridized carbons (Fsp3) is 0.556. The second-order valence-electron chi connectivity index (χ2n) is 6.89. The summed E-state index contributed by atoms with van der Waals surface area (Å²) in [5, 5.41) is 2.16. The van der Waals surface area contributed by atoms with Crippen LogP contribution in [0.2, 0.25) is 0 Å². The average Bonchev–Trinajstić information content (AvgIpc) is 3.15. The minimum atomic E-state index is -4.57. The Labute approximate surface area is 143 Å². The summed E-state index contributed by atoms with van der Waals surface area (Å²) in [6.45, 7) is -0.578. The SMILES string of the molecule is O=C(COC(=O)C[C@H]1C[C@H]2CC[C@@H]1C2)Nc1ccccc1C(F)(F)F. The minimum Gasteiger partial charge on any atom is -0.456 e. The molecule has 136 valence electrons. The highest BCUT2D eigenvalue weighted by atomic mass is 19.4. The second kappa shape index (κ2) is 7.06. The van der Waals surface area contributed by atoms with Gasteiger partial charge in [-0.2, -0.15) is 13.2 Å². The van der Waals surface area contributed by atoms with Crippen LogP contribution in [0.3, 0.4) is 0 Å². The number of rotatable bonds is 5.